The number of nitrogens with zero attached hydrogens (tertiary/aromatic N) is 2. The minimum Gasteiger partial charge on any atom is -0.507 e. The SMILES string of the molecule is O=C(N/N=C/c1cc([N+](=O)[O-])ccc1Sc1ccc(Cl)cc1)c1ccccc1O. The number of non-ortho nitro benzene ring substituents is 1. The van der Waals surface area contributed by atoms with Gasteiger partial charge in [0.1, 0.15) is 5.75 Å². The Morgan fingerprint density at radius 2 is 1.86 bits per heavy atom. The minimum atomic E-state index is -0.600. The Labute approximate surface area is 175 Å². The van der Waals surface area contributed by atoms with Crippen LogP contribution in [0.4, 0.5) is 5.69 Å². The number of aromatic hydroxyl groups is 1. The molecular formula is C20H14ClN3O4S. The first kappa shape index (κ1) is 20.4. The number of hydrogen-bond acceptors (Lipinski definition) is 6. The number of phenolic OH excluding ortho intramolecular Hbond substituents is 1. The molecule has 0 unspecified atom stereocenters. The zero-order valence-electron chi connectivity index (χ0n) is 14.8. The van der Waals surface area contributed by atoms with E-state index in [1.807, 2.05) is 12.1 Å². The first-order valence-electron chi connectivity index (χ1n) is 8.27. The number of rotatable bonds is 6. The molecule has 146 valence electrons. The second kappa shape index (κ2) is 9.22. The standard InChI is InChI=1S/C20H14ClN3O4S/c21-14-5-8-16(9-6-14)29-19-10-7-15(24(27)28)11-13(19)12-22-23-20(26)17-3-1-2-4-18(17)25/h1-12,25H,(H,23,26)/b22-12+. The van der Waals surface area contributed by atoms with Gasteiger partial charge in [0.2, 0.25) is 0 Å². The summed E-state index contributed by atoms with van der Waals surface area (Å²) in [6, 6.07) is 17.6. The Hall–Kier alpha value is -3.36. The van der Waals surface area contributed by atoms with Gasteiger partial charge in [0.25, 0.3) is 11.6 Å². The number of phenols is 1. The lowest BCUT2D eigenvalue weighted by Gasteiger charge is -2.06. The Bertz CT molecular complexity index is 1090. The summed E-state index contributed by atoms with van der Waals surface area (Å²) in [4.78, 5) is 24.3. The number of hydrogen-bond donors (Lipinski definition) is 2. The molecule has 2 N–H and O–H groups in total. The molecule has 3 rings (SSSR count). The van der Waals surface area contributed by atoms with E-state index in [9.17, 15) is 20.0 Å². The maximum absolute atomic E-state index is 12.1. The maximum atomic E-state index is 12.1. The monoisotopic (exact) mass is 427 g/mol. The van der Waals surface area contributed by atoms with Crippen LogP contribution in [0.5, 0.6) is 5.75 Å². The van der Waals surface area contributed by atoms with Crippen molar-refractivity contribution in [2.75, 3.05) is 0 Å². The third-order valence-corrected chi connectivity index (χ3v) is 5.12. The first-order valence-corrected chi connectivity index (χ1v) is 9.47. The Morgan fingerprint density at radius 3 is 2.55 bits per heavy atom. The lowest BCUT2D eigenvalue weighted by molar-refractivity contribution is -0.384. The van der Waals surface area contributed by atoms with Crippen LogP contribution in [0, 0.1) is 10.1 Å². The molecule has 3 aromatic rings. The summed E-state index contributed by atoms with van der Waals surface area (Å²) in [5, 5.41) is 25.3. The van der Waals surface area contributed by atoms with Crippen molar-refractivity contribution < 1.29 is 14.8 Å². The van der Waals surface area contributed by atoms with E-state index in [1.165, 1.54) is 42.2 Å². The number of amides is 1. The third kappa shape index (κ3) is 5.34. The van der Waals surface area contributed by atoms with Gasteiger partial charge >= 0.3 is 0 Å². The quantitative estimate of drug-likeness (QED) is 0.331. The molecule has 0 aromatic heterocycles. The van der Waals surface area contributed by atoms with Crippen LogP contribution < -0.4 is 5.43 Å². The minimum absolute atomic E-state index is 0.0689. The molecule has 1 amide bonds. The number of halogens is 1. The molecule has 0 atom stereocenters. The Morgan fingerprint density at radius 1 is 1.14 bits per heavy atom. The summed E-state index contributed by atoms with van der Waals surface area (Å²) >= 11 is 7.27. The van der Waals surface area contributed by atoms with Gasteiger partial charge in [-0.3, -0.25) is 14.9 Å². The van der Waals surface area contributed by atoms with Gasteiger partial charge in [-0.2, -0.15) is 5.10 Å². The summed E-state index contributed by atoms with van der Waals surface area (Å²) in [5.41, 5.74) is 2.74. The van der Waals surface area contributed by atoms with Crippen molar-refractivity contribution in [3.8, 4) is 5.75 Å². The fourth-order valence-electron chi connectivity index (χ4n) is 2.36. The van der Waals surface area contributed by atoms with Gasteiger partial charge in [0.15, 0.2) is 0 Å². The molecule has 0 heterocycles. The van der Waals surface area contributed by atoms with Crippen molar-refractivity contribution >= 4 is 41.2 Å². The number of para-hydroxylation sites is 1. The lowest BCUT2D eigenvalue weighted by atomic mass is 10.2. The summed E-state index contributed by atoms with van der Waals surface area (Å²) in [5.74, 6) is -0.772. The van der Waals surface area contributed by atoms with Crippen molar-refractivity contribution in [3.05, 3.63) is 93.0 Å². The predicted octanol–water partition coefficient (Wildman–Crippen LogP) is 4.87. The van der Waals surface area contributed by atoms with Crippen molar-refractivity contribution in [3.63, 3.8) is 0 Å². The van der Waals surface area contributed by atoms with Crippen molar-refractivity contribution in [1.82, 2.24) is 5.43 Å². The number of benzene rings is 3. The van der Waals surface area contributed by atoms with Crippen LogP contribution in [-0.4, -0.2) is 22.2 Å². The summed E-state index contributed by atoms with van der Waals surface area (Å²) < 4.78 is 0. The molecule has 0 spiro atoms. The van der Waals surface area contributed by atoms with E-state index in [4.69, 9.17) is 11.6 Å². The summed E-state index contributed by atoms with van der Waals surface area (Å²) in [6.45, 7) is 0. The van der Waals surface area contributed by atoms with Crippen molar-refractivity contribution in [1.29, 1.82) is 0 Å². The van der Waals surface area contributed by atoms with E-state index < -0.39 is 10.8 Å². The molecule has 0 aliphatic heterocycles. The van der Waals surface area contributed by atoms with Gasteiger partial charge < -0.3 is 5.11 Å². The molecule has 29 heavy (non-hydrogen) atoms. The average molecular weight is 428 g/mol. The molecule has 0 bridgehead atoms. The topological polar surface area (TPSA) is 105 Å². The van der Waals surface area contributed by atoms with E-state index >= 15 is 0 Å². The van der Waals surface area contributed by atoms with E-state index in [2.05, 4.69) is 10.5 Å². The zero-order valence-corrected chi connectivity index (χ0v) is 16.4. The van der Waals surface area contributed by atoms with Gasteiger partial charge in [-0.05, 0) is 42.5 Å². The number of carbonyl (C=O) groups excluding carboxylic acids is 1. The third-order valence-electron chi connectivity index (χ3n) is 3.76. The lowest BCUT2D eigenvalue weighted by Crippen LogP contribution is -2.17. The summed E-state index contributed by atoms with van der Waals surface area (Å²) in [7, 11) is 0. The highest BCUT2D eigenvalue weighted by Crippen LogP contribution is 2.32. The molecule has 0 aliphatic carbocycles. The number of nitro groups is 1. The maximum Gasteiger partial charge on any atom is 0.275 e. The fourth-order valence-corrected chi connectivity index (χ4v) is 3.38. The Balaban J connectivity index is 1.83. The fraction of sp³-hybridized carbons (Fsp3) is 0. The molecule has 0 saturated heterocycles. The average Bonchev–Trinajstić information content (AvgIpc) is 2.71. The second-order valence-electron chi connectivity index (χ2n) is 5.75. The van der Waals surface area contributed by atoms with Crippen molar-refractivity contribution in [2.24, 2.45) is 5.10 Å². The smallest absolute Gasteiger partial charge is 0.275 e. The number of nitrogens with one attached hydrogen (secondary N) is 1. The van der Waals surface area contributed by atoms with Gasteiger partial charge in [-0.15, -0.1) is 0 Å². The number of carbonyl (C=O) groups is 1. The van der Waals surface area contributed by atoms with E-state index in [1.54, 1.807) is 30.3 Å². The van der Waals surface area contributed by atoms with Gasteiger partial charge in [-0.1, -0.05) is 35.5 Å². The molecule has 0 aliphatic rings. The van der Waals surface area contributed by atoms with Crippen LogP contribution in [0.25, 0.3) is 0 Å². The summed E-state index contributed by atoms with van der Waals surface area (Å²) in [6.07, 6.45) is 1.32. The highest BCUT2D eigenvalue weighted by atomic mass is 35.5. The zero-order chi connectivity index (χ0) is 20.8. The van der Waals surface area contributed by atoms with Crippen LogP contribution in [0.15, 0.2) is 81.6 Å². The molecule has 0 radical (unpaired) electrons. The van der Waals surface area contributed by atoms with Crippen LogP contribution in [0.1, 0.15) is 15.9 Å². The van der Waals surface area contributed by atoms with E-state index in [-0.39, 0.29) is 17.0 Å². The van der Waals surface area contributed by atoms with Gasteiger partial charge in [0, 0.05) is 32.5 Å². The number of hydrazone groups is 1. The van der Waals surface area contributed by atoms with Gasteiger partial charge in [-0.25, -0.2) is 5.43 Å². The molecular weight excluding hydrogens is 414 g/mol. The van der Waals surface area contributed by atoms with Crippen LogP contribution in [-0.2, 0) is 0 Å². The van der Waals surface area contributed by atoms with E-state index in [0.717, 1.165) is 4.90 Å². The highest BCUT2D eigenvalue weighted by Gasteiger charge is 2.12. The van der Waals surface area contributed by atoms with Crippen LogP contribution in [0.3, 0.4) is 0 Å². The Kier molecular flexibility index (Phi) is 6.48. The molecule has 7 nitrogen and oxygen atoms in total. The van der Waals surface area contributed by atoms with Crippen molar-refractivity contribution in [2.45, 2.75) is 9.79 Å². The largest absolute Gasteiger partial charge is 0.507 e. The predicted molar refractivity (Wildman–Crippen MR) is 112 cm³/mol. The first-order chi connectivity index (χ1) is 13.9. The van der Waals surface area contributed by atoms with E-state index in [0.29, 0.717) is 15.5 Å². The number of nitro benzene ring substituents is 1. The second-order valence-corrected chi connectivity index (χ2v) is 7.30. The highest BCUT2D eigenvalue weighted by molar-refractivity contribution is 7.99. The molecule has 9 heteroatoms. The molecule has 0 fully saturated rings. The van der Waals surface area contributed by atoms with Crippen LogP contribution >= 0.6 is 23.4 Å². The molecule has 0 saturated carbocycles. The van der Waals surface area contributed by atoms with Gasteiger partial charge in [0.05, 0.1) is 16.7 Å². The normalized spacial score (nSPS) is 10.8. The van der Waals surface area contributed by atoms with Crippen LogP contribution in [0.2, 0.25) is 5.02 Å². The molecule has 3 aromatic carbocycles.